The molecule has 0 aliphatic carbocycles. The van der Waals surface area contributed by atoms with Crippen LogP contribution in [0, 0.1) is 0 Å². The van der Waals surface area contributed by atoms with E-state index in [4.69, 9.17) is 0 Å². The van der Waals surface area contributed by atoms with E-state index in [9.17, 15) is 19.2 Å². The van der Waals surface area contributed by atoms with Crippen molar-refractivity contribution in [2.45, 2.75) is 6.54 Å². The highest BCUT2D eigenvalue weighted by atomic mass is 16.2. The van der Waals surface area contributed by atoms with Crippen LogP contribution < -0.4 is 22.1 Å². The Morgan fingerprint density at radius 1 is 1.00 bits per heavy atom. The van der Waals surface area contributed by atoms with Crippen LogP contribution >= 0.6 is 0 Å². The summed E-state index contributed by atoms with van der Waals surface area (Å²) in [6.07, 6.45) is 1.41. The molecule has 0 aliphatic heterocycles. The van der Waals surface area contributed by atoms with Crippen LogP contribution in [0.1, 0.15) is 10.4 Å². The third-order valence-corrected chi connectivity index (χ3v) is 4.25. The van der Waals surface area contributed by atoms with Crippen molar-refractivity contribution in [3.63, 3.8) is 0 Å². The Bertz CT molecular complexity index is 1340. The number of hydrogen-bond acceptors (Lipinski definition) is 7. The van der Waals surface area contributed by atoms with Crippen LogP contribution in [0.5, 0.6) is 0 Å². The molecule has 2 amide bonds. The van der Waals surface area contributed by atoms with Crippen molar-refractivity contribution in [1.82, 2.24) is 40.6 Å². The van der Waals surface area contributed by atoms with Gasteiger partial charge in [0.1, 0.15) is 12.9 Å². The van der Waals surface area contributed by atoms with Crippen molar-refractivity contribution in [1.29, 1.82) is 0 Å². The van der Waals surface area contributed by atoms with Gasteiger partial charge in [-0.3, -0.25) is 29.8 Å². The normalized spacial score (nSPS) is 10.7. The van der Waals surface area contributed by atoms with E-state index >= 15 is 0 Å². The number of aromatic nitrogens is 6. The molecule has 2 aromatic heterocycles. The minimum Gasteiger partial charge on any atom is -0.307 e. The molecule has 0 saturated heterocycles. The number of nitrogens with one attached hydrogen (secondary N) is 3. The smallest absolute Gasteiger partial charge is 0.307 e. The van der Waals surface area contributed by atoms with Crippen LogP contribution in [-0.2, 0) is 11.3 Å². The summed E-state index contributed by atoms with van der Waals surface area (Å²) in [6, 6.07) is 12.8. The highest BCUT2D eigenvalue weighted by Gasteiger charge is 2.12. The Morgan fingerprint density at radius 2 is 1.77 bits per heavy atom. The van der Waals surface area contributed by atoms with Crippen LogP contribution in [0.25, 0.3) is 16.6 Å². The number of tetrazole rings is 1. The topological polar surface area (TPSA) is 157 Å². The lowest BCUT2D eigenvalue weighted by Gasteiger charge is -2.09. The first kappa shape index (κ1) is 18.7. The van der Waals surface area contributed by atoms with Crippen molar-refractivity contribution in [2.75, 3.05) is 0 Å². The molecule has 0 atom stereocenters. The molecule has 0 spiro atoms. The largest absolute Gasteiger partial charge is 0.329 e. The van der Waals surface area contributed by atoms with Gasteiger partial charge in [0.05, 0.1) is 16.6 Å². The van der Waals surface area contributed by atoms with Gasteiger partial charge in [-0.1, -0.05) is 12.1 Å². The fourth-order valence-electron chi connectivity index (χ4n) is 2.77. The number of hydrazine groups is 1. The quantitative estimate of drug-likeness (QED) is 0.372. The van der Waals surface area contributed by atoms with Crippen molar-refractivity contribution in [3.05, 3.63) is 81.3 Å². The third kappa shape index (κ3) is 3.69. The van der Waals surface area contributed by atoms with Gasteiger partial charge in [-0.25, -0.2) is 9.48 Å². The molecule has 0 aliphatic rings. The fraction of sp³-hybridized carbons (Fsp3) is 0.0556. The van der Waals surface area contributed by atoms with Gasteiger partial charge in [-0.2, -0.15) is 0 Å². The van der Waals surface area contributed by atoms with E-state index in [0.29, 0.717) is 11.2 Å². The zero-order valence-corrected chi connectivity index (χ0v) is 15.3. The van der Waals surface area contributed by atoms with E-state index in [-0.39, 0.29) is 10.9 Å². The molecule has 0 bridgehead atoms. The second-order valence-electron chi connectivity index (χ2n) is 6.17. The van der Waals surface area contributed by atoms with Gasteiger partial charge >= 0.3 is 5.69 Å². The van der Waals surface area contributed by atoms with E-state index in [1.54, 1.807) is 36.4 Å². The molecule has 2 heterocycles. The Morgan fingerprint density at radius 3 is 2.50 bits per heavy atom. The molecule has 0 radical (unpaired) electrons. The van der Waals surface area contributed by atoms with Gasteiger partial charge in [0.15, 0.2) is 0 Å². The Hall–Kier alpha value is -4.61. The van der Waals surface area contributed by atoms with E-state index in [1.165, 1.54) is 23.1 Å². The highest BCUT2D eigenvalue weighted by molar-refractivity contribution is 5.95. The maximum absolute atomic E-state index is 12.4. The number of carbonyl (C=O) groups excluding carboxylic acids is 2. The molecule has 12 heteroatoms. The zero-order chi connectivity index (χ0) is 21.1. The molecule has 30 heavy (non-hydrogen) atoms. The van der Waals surface area contributed by atoms with Crippen LogP contribution in [0.3, 0.4) is 0 Å². The third-order valence-electron chi connectivity index (χ3n) is 4.25. The molecular weight excluding hydrogens is 392 g/mol. The summed E-state index contributed by atoms with van der Waals surface area (Å²) in [5.74, 6) is -1.32. The van der Waals surface area contributed by atoms with Crippen molar-refractivity contribution < 1.29 is 9.59 Å². The molecule has 4 aromatic rings. The van der Waals surface area contributed by atoms with Gasteiger partial charge in [0.2, 0.25) is 0 Å². The average molecular weight is 406 g/mol. The lowest BCUT2D eigenvalue weighted by molar-refractivity contribution is -0.122. The van der Waals surface area contributed by atoms with Gasteiger partial charge in [0.25, 0.3) is 17.4 Å². The molecule has 150 valence electrons. The van der Waals surface area contributed by atoms with Gasteiger partial charge < -0.3 is 4.98 Å². The first-order valence-electron chi connectivity index (χ1n) is 8.67. The monoisotopic (exact) mass is 406 g/mol. The average Bonchev–Trinajstić information content (AvgIpc) is 3.30. The maximum Gasteiger partial charge on any atom is 0.329 e. The van der Waals surface area contributed by atoms with Gasteiger partial charge in [-0.15, -0.1) is 5.10 Å². The highest BCUT2D eigenvalue weighted by Crippen LogP contribution is 2.07. The van der Waals surface area contributed by atoms with E-state index in [0.717, 1.165) is 4.57 Å². The summed E-state index contributed by atoms with van der Waals surface area (Å²) < 4.78 is 2.17. The predicted octanol–water partition coefficient (Wildman–Crippen LogP) is -0.873. The summed E-state index contributed by atoms with van der Waals surface area (Å²) in [5.41, 5.74) is 4.39. The Balaban J connectivity index is 1.41. The van der Waals surface area contributed by atoms with E-state index in [1.807, 2.05) is 0 Å². The number of carbonyl (C=O) groups is 2. The lowest BCUT2D eigenvalue weighted by Crippen LogP contribution is -2.46. The Labute approximate surface area is 167 Å². The summed E-state index contributed by atoms with van der Waals surface area (Å²) in [5, 5.41) is 11.1. The second kappa shape index (κ2) is 7.79. The number of hydrogen-bond donors (Lipinski definition) is 3. The van der Waals surface area contributed by atoms with Crippen molar-refractivity contribution >= 4 is 22.7 Å². The molecule has 0 fully saturated rings. The standard InChI is InChI=1S/C18H14N8O4/c27-15(9-25-17(29)13-3-1-2-4-14(13)20-18(25)30)21-22-16(28)11-5-7-12(8-6-11)26-10-19-23-24-26/h1-8,10H,9H2,(H,20,30)(H,21,27)(H,22,28). The second-order valence-corrected chi connectivity index (χ2v) is 6.17. The van der Waals surface area contributed by atoms with E-state index < -0.39 is 29.6 Å². The zero-order valence-electron chi connectivity index (χ0n) is 15.3. The SMILES string of the molecule is O=C(Cn1c(=O)[nH]c2ccccc2c1=O)NNC(=O)c1ccc(-n2cnnn2)cc1. The molecule has 0 unspecified atom stereocenters. The van der Waals surface area contributed by atoms with Crippen LogP contribution in [-0.4, -0.2) is 41.6 Å². The number of fused-ring (bicyclic) bond motifs is 1. The number of nitrogens with zero attached hydrogens (tertiary/aromatic N) is 5. The van der Waals surface area contributed by atoms with Gasteiger partial charge in [0, 0.05) is 5.56 Å². The number of para-hydroxylation sites is 1. The number of amides is 2. The summed E-state index contributed by atoms with van der Waals surface area (Å²) >= 11 is 0. The van der Waals surface area contributed by atoms with Crippen molar-refractivity contribution in [3.8, 4) is 5.69 Å². The predicted molar refractivity (Wildman–Crippen MR) is 104 cm³/mol. The first-order valence-corrected chi connectivity index (χ1v) is 8.67. The van der Waals surface area contributed by atoms with Crippen LogP contribution in [0.15, 0.2) is 64.4 Å². The number of benzene rings is 2. The lowest BCUT2D eigenvalue weighted by atomic mass is 10.2. The fourth-order valence-corrected chi connectivity index (χ4v) is 2.77. The molecule has 2 aromatic carbocycles. The molecular formula is C18H14N8O4. The minimum absolute atomic E-state index is 0.271. The number of H-pyrrole nitrogens is 1. The molecule has 3 N–H and O–H groups in total. The number of aromatic amines is 1. The molecule has 12 nitrogen and oxygen atoms in total. The maximum atomic E-state index is 12.4. The minimum atomic E-state index is -0.739. The summed E-state index contributed by atoms with van der Waals surface area (Å²) in [6.45, 7) is -0.558. The van der Waals surface area contributed by atoms with Gasteiger partial charge in [-0.05, 0) is 46.8 Å². The summed E-state index contributed by atoms with van der Waals surface area (Å²) in [4.78, 5) is 51.4. The number of rotatable bonds is 4. The summed E-state index contributed by atoms with van der Waals surface area (Å²) in [7, 11) is 0. The van der Waals surface area contributed by atoms with Crippen LogP contribution in [0.2, 0.25) is 0 Å². The molecule has 4 rings (SSSR count). The Kier molecular flexibility index (Phi) is 4.87. The van der Waals surface area contributed by atoms with Crippen LogP contribution in [0.4, 0.5) is 0 Å². The molecule has 0 saturated carbocycles. The van der Waals surface area contributed by atoms with E-state index in [2.05, 4.69) is 31.4 Å². The van der Waals surface area contributed by atoms with Crippen molar-refractivity contribution in [2.24, 2.45) is 0 Å². The first-order chi connectivity index (χ1) is 14.5.